The molecular weight excluding hydrogens is 270 g/mol. The van der Waals surface area contributed by atoms with Gasteiger partial charge in [-0.25, -0.2) is 8.78 Å². The Morgan fingerprint density at radius 1 is 1.45 bits per heavy atom. The number of aliphatic hydroxyl groups excluding tert-OH is 1. The molecule has 0 aliphatic rings. The molecule has 1 aromatic rings. The number of amides is 1. The molecule has 1 heterocycles. The van der Waals surface area contributed by atoms with Crippen LogP contribution in [-0.4, -0.2) is 58.8 Å². The Bertz CT molecular complexity index is 414. The molecular formula is C12H18F2N4O2. The van der Waals surface area contributed by atoms with Crippen LogP contribution < -0.4 is 5.32 Å². The van der Waals surface area contributed by atoms with Gasteiger partial charge in [-0.2, -0.15) is 0 Å². The lowest BCUT2D eigenvalue weighted by molar-refractivity contribution is 0.0503. The largest absolute Gasteiger partial charge is 0.395 e. The van der Waals surface area contributed by atoms with Crippen LogP contribution in [0.25, 0.3) is 0 Å². The lowest BCUT2D eigenvalue weighted by atomic mass is 10.3. The minimum atomic E-state index is -2.66. The molecule has 112 valence electrons. The van der Waals surface area contributed by atoms with Crippen molar-refractivity contribution < 1.29 is 18.7 Å². The van der Waals surface area contributed by atoms with Gasteiger partial charge in [0.1, 0.15) is 5.82 Å². The lowest BCUT2D eigenvalue weighted by Crippen LogP contribution is -2.37. The summed E-state index contributed by atoms with van der Waals surface area (Å²) >= 11 is 0. The maximum absolute atomic E-state index is 12.4. The highest BCUT2D eigenvalue weighted by Gasteiger charge is 2.20. The molecule has 6 nitrogen and oxygen atoms in total. The van der Waals surface area contributed by atoms with E-state index in [1.165, 1.54) is 6.07 Å². The molecule has 0 atom stereocenters. The summed E-state index contributed by atoms with van der Waals surface area (Å²) < 4.78 is 24.7. The van der Waals surface area contributed by atoms with Gasteiger partial charge in [0.15, 0.2) is 5.69 Å². The quantitative estimate of drug-likeness (QED) is 0.746. The molecule has 0 bridgehead atoms. The van der Waals surface area contributed by atoms with Crippen LogP contribution in [0, 0.1) is 0 Å². The Hall–Kier alpha value is -1.83. The fraction of sp³-hybridized carbons (Fsp3) is 0.583. The molecule has 0 saturated carbocycles. The summed E-state index contributed by atoms with van der Waals surface area (Å²) in [6.07, 6.45) is -1.75. The summed E-state index contributed by atoms with van der Waals surface area (Å²) in [5, 5.41) is 19.3. The molecule has 1 aromatic heterocycles. The SMILES string of the molecule is CCCNc1ccc(C(=O)N(CCO)CC(F)F)nn1. The molecule has 0 unspecified atom stereocenters. The van der Waals surface area contributed by atoms with Crippen molar-refractivity contribution in [3.8, 4) is 0 Å². The van der Waals surface area contributed by atoms with Crippen molar-refractivity contribution in [2.24, 2.45) is 0 Å². The van der Waals surface area contributed by atoms with Crippen molar-refractivity contribution in [1.29, 1.82) is 0 Å². The number of hydrogen-bond donors (Lipinski definition) is 2. The third-order valence-electron chi connectivity index (χ3n) is 2.46. The first-order chi connectivity index (χ1) is 9.58. The van der Waals surface area contributed by atoms with Crippen LogP contribution in [0.4, 0.5) is 14.6 Å². The van der Waals surface area contributed by atoms with Crippen LogP contribution in [-0.2, 0) is 0 Å². The zero-order chi connectivity index (χ0) is 15.0. The standard InChI is InChI=1S/C12H18F2N4O2/c1-2-5-15-11-4-3-9(16-17-11)12(20)18(6-7-19)8-10(13)14/h3-4,10,19H,2,5-8H2,1H3,(H,15,17). The van der Waals surface area contributed by atoms with Gasteiger partial charge in [0, 0.05) is 13.1 Å². The Balaban J connectivity index is 2.73. The van der Waals surface area contributed by atoms with E-state index < -0.39 is 18.9 Å². The Morgan fingerprint density at radius 3 is 2.70 bits per heavy atom. The van der Waals surface area contributed by atoms with Crippen molar-refractivity contribution in [2.45, 2.75) is 19.8 Å². The third kappa shape index (κ3) is 5.04. The highest BCUT2D eigenvalue weighted by atomic mass is 19.3. The maximum Gasteiger partial charge on any atom is 0.274 e. The van der Waals surface area contributed by atoms with E-state index in [-0.39, 0.29) is 18.8 Å². The second-order valence-corrected chi connectivity index (χ2v) is 4.10. The van der Waals surface area contributed by atoms with Gasteiger partial charge in [-0.1, -0.05) is 6.92 Å². The Kier molecular flexibility index (Phi) is 6.78. The normalized spacial score (nSPS) is 10.7. The summed E-state index contributed by atoms with van der Waals surface area (Å²) in [5.41, 5.74) is -0.0267. The second-order valence-electron chi connectivity index (χ2n) is 4.10. The van der Waals surface area contributed by atoms with Gasteiger partial charge in [-0.15, -0.1) is 10.2 Å². The van der Waals surface area contributed by atoms with Gasteiger partial charge in [0.2, 0.25) is 0 Å². The number of alkyl halides is 2. The number of aromatic nitrogens is 2. The van der Waals surface area contributed by atoms with Crippen molar-refractivity contribution >= 4 is 11.7 Å². The number of hydrogen-bond acceptors (Lipinski definition) is 5. The fourth-order valence-corrected chi connectivity index (χ4v) is 1.52. The molecule has 0 fully saturated rings. The zero-order valence-corrected chi connectivity index (χ0v) is 11.2. The van der Waals surface area contributed by atoms with E-state index in [1.807, 2.05) is 6.92 Å². The molecule has 1 amide bonds. The first kappa shape index (κ1) is 16.2. The Labute approximate surface area is 115 Å². The maximum atomic E-state index is 12.4. The first-order valence-corrected chi connectivity index (χ1v) is 6.34. The zero-order valence-electron chi connectivity index (χ0n) is 11.2. The van der Waals surface area contributed by atoms with Crippen LogP contribution in [0.5, 0.6) is 0 Å². The summed E-state index contributed by atoms with van der Waals surface area (Å²) in [6, 6.07) is 2.98. The van der Waals surface area contributed by atoms with Crippen LogP contribution >= 0.6 is 0 Å². The molecule has 2 N–H and O–H groups in total. The number of nitrogens with zero attached hydrogens (tertiary/aromatic N) is 3. The first-order valence-electron chi connectivity index (χ1n) is 6.34. The highest BCUT2D eigenvalue weighted by Crippen LogP contribution is 2.07. The van der Waals surface area contributed by atoms with Crippen molar-refractivity contribution in [1.82, 2.24) is 15.1 Å². The van der Waals surface area contributed by atoms with Crippen molar-refractivity contribution in [3.05, 3.63) is 17.8 Å². The number of aliphatic hydroxyl groups is 1. The van der Waals surface area contributed by atoms with Crippen LogP contribution in [0.1, 0.15) is 23.8 Å². The van der Waals surface area contributed by atoms with Crippen LogP contribution in [0.3, 0.4) is 0 Å². The molecule has 0 saturated heterocycles. The fourth-order valence-electron chi connectivity index (χ4n) is 1.52. The Morgan fingerprint density at radius 2 is 2.20 bits per heavy atom. The minimum absolute atomic E-state index is 0.0267. The summed E-state index contributed by atoms with van der Waals surface area (Å²) in [4.78, 5) is 12.8. The van der Waals surface area contributed by atoms with Gasteiger partial charge < -0.3 is 15.3 Å². The molecule has 0 radical (unpaired) electrons. The summed E-state index contributed by atoms with van der Waals surface area (Å²) in [7, 11) is 0. The predicted octanol–water partition coefficient (Wildman–Crippen LogP) is 0.998. The molecule has 0 aromatic carbocycles. The molecule has 0 aliphatic carbocycles. The number of nitrogens with one attached hydrogen (secondary N) is 1. The average Bonchev–Trinajstić information content (AvgIpc) is 2.44. The van der Waals surface area contributed by atoms with E-state index in [9.17, 15) is 13.6 Å². The number of anilines is 1. The van der Waals surface area contributed by atoms with E-state index >= 15 is 0 Å². The van der Waals surface area contributed by atoms with Crippen LogP contribution in [0.15, 0.2) is 12.1 Å². The van der Waals surface area contributed by atoms with Gasteiger partial charge in [0.05, 0.1) is 13.2 Å². The van der Waals surface area contributed by atoms with Gasteiger partial charge in [0.25, 0.3) is 12.3 Å². The van der Waals surface area contributed by atoms with Gasteiger partial charge in [-0.05, 0) is 18.6 Å². The summed E-state index contributed by atoms with van der Waals surface area (Å²) in [6.45, 7) is 1.43. The third-order valence-corrected chi connectivity index (χ3v) is 2.46. The van der Waals surface area contributed by atoms with Crippen molar-refractivity contribution in [3.63, 3.8) is 0 Å². The average molecular weight is 288 g/mol. The van der Waals surface area contributed by atoms with E-state index in [2.05, 4.69) is 15.5 Å². The molecule has 1 rings (SSSR count). The van der Waals surface area contributed by atoms with E-state index in [0.717, 1.165) is 17.9 Å². The van der Waals surface area contributed by atoms with E-state index in [0.29, 0.717) is 5.82 Å². The van der Waals surface area contributed by atoms with Crippen LogP contribution in [0.2, 0.25) is 0 Å². The van der Waals surface area contributed by atoms with E-state index in [1.54, 1.807) is 6.07 Å². The van der Waals surface area contributed by atoms with Gasteiger partial charge >= 0.3 is 0 Å². The summed E-state index contributed by atoms with van der Waals surface area (Å²) in [5.74, 6) is -0.153. The smallest absolute Gasteiger partial charge is 0.274 e. The number of rotatable bonds is 8. The number of carbonyl (C=O) groups excluding carboxylic acids is 1. The molecule has 0 spiro atoms. The monoisotopic (exact) mass is 288 g/mol. The van der Waals surface area contributed by atoms with Crippen molar-refractivity contribution in [2.75, 3.05) is 31.6 Å². The molecule has 20 heavy (non-hydrogen) atoms. The number of halogens is 2. The predicted molar refractivity (Wildman–Crippen MR) is 69.8 cm³/mol. The lowest BCUT2D eigenvalue weighted by Gasteiger charge is -2.20. The minimum Gasteiger partial charge on any atom is -0.395 e. The molecule has 8 heteroatoms. The number of carbonyl (C=O) groups is 1. The molecule has 0 aliphatic heterocycles. The highest BCUT2D eigenvalue weighted by molar-refractivity contribution is 5.92. The van der Waals surface area contributed by atoms with E-state index in [4.69, 9.17) is 5.11 Å². The van der Waals surface area contributed by atoms with Gasteiger partial charge in [-0.3, -0.25) is 4.79 Å². The topological polar surface area (TPSA) is 78.4 Å². The second kappa shape index (κ2) is 8.36.